The number of para-hydroxylation sites is 1. The molecule has 4 nitrogen and oxygen atoms in total. The zero-order valence-electron chi connectivity index (χ0n) is 13.3. The maximum Gasteiger partial charge on any atom is 0.251 e. The minimum atomic E-state index is -0.0724. The van der Waals surface area contributed by atoms with Gasteiger partial charge in [0.25, 0.3) is 5.91 Å². The van der Waals surface area contributed by atoms with E-state index < -0.39 is 0 Å². The van der Waals surface area contributed by atoms with Crippen molar-refractivity contribution in [3.63, 3.8) is 0 Å². The van der Waals surface area contributed by atoms with E-state index in [4.69, 9.17) is 0 Å². The van der Waals surface area contributed by atoms with Crippen LogP contribution in [0.3, 0.4) is 0 Å². The Hall–Kier alpha value is -2.88. The van der Waals surface area contributed by atoms with Gasteiger partial charge in [0.1, 0.15) is 0 Å². The molecule has 0 saturated carbocycles. The van der Waals surface area contributed by atoms with E-state index in [1.54, 1.807) is 0 Å². The largest absolute Gasteiger partial charge is 0.348 e. The van der Waals surface area contributed by atoms with Gasteiger partial charge in [-0.25, -0.2) is 4.68 Å². The summed E-state index contributed by atoms with van der Waals surface area (Å²) >= 11 is 0. The Labute approximate surface area is 135 Å². The van der Waals surface area contributed by atoms with Crippen LogP contribution >= 0.6 is 0 Å². The molecule has 0 unspecified atom stereocenters. The van der Waals surface area contributed by atoms with Crippen LogP contribution in [0.2, 0.25) is 0 Å². The van der Waals surface area contributed by atoms with Gasteiger partial charge in [0, 0.05) is 23.4 Å². The molecule has 0 bridgehead atoms. The van der Waals surface area contributed by atoms with E-state index in [1.165, 1.54) is 0 Å². The van der Waals surface area contributed by atoms with Crippen LogP contribution in [0, 0.1) is 13.8 Å². The summed E-state index contributed by atoms with van der Waals surface area (Å²) in [6.07, 6.45) is 0. The van der Waals surface area contributed by atoms with E-state index in [9.17, 15) is 4.79 Å². The van der Waals surface area contributed by atoms with E-state index in [0.717, 1.165) is 22.6 Å². The van der Waals surface area contributed by atoms with Crippen LogP contribution < -0.4 is 5.32 Å². The number of rotatable bonds is 4. The van der Waals surface area contributed by atoms with Gasteiger partial charge in [-0.2, -0.15) is 5.10 Å². The minimum absolute atomic E-state index is 0.0724. The zero-order chi connectivity index (χ0) is 16.2. The molecular weight excluding hydrogens is 286 g/mol. The molecule has 0 saturated heterocycles. The number of benzene rings is 2. The molecule has 1 heterocycles. The number of aromatic nitrogens is 2. The topological polar surface area (TPSA) is 46.9 Å². The van der Waals surface area contributed by atoms with Crippen molar-refractivity contribution in [1.82, 2.24) is 15.1 Å². The van der Waals surface area contributed by atoms with E-state index >= 15 is 0 Å². The van der Waals surface area contributed by atoms with Gasteiger partial charge in [-0.05, 0) is 38.1 Å². The molecule has 1 N–H and O–H groups in total. The van der Waals surface area contributed by atoms with Crippen molar-refractivity contribution in [3.05, 3.63) is 83.2 Å². The average Bonchev–Trinajstić information content (AvgIpc) is 2.88. The van der Waals surface area contributed by atoms with Gasteiger partial charge in [0.2, 0.25) is 0 Å². The van der Waals surface area contributed by atoms with E-state index in [2.05, 4.69) is 10.4 Å². The molecule has 0 fully saturated rings. The number of hydrogen-bond acceptors (Lipinski definition) is 2. The van der Waals surface area contributed by atoms with Crippen LogP contribution in [0.1, 0.15) is 27.3 Å². The molecule has 0 aliphatic rings. The highest BCUT2D eigenvalue weighted by Crippen LogP contribution is 2.17. The Morgan fingerprint density at radius 2 is 1.61 bits per heavy atom. The number of carbonyl (C=O) groups excluding carboxylic acids is 1. The van der Waals surface area contributed by atoms with Crippen LogP contribution in [-0.2, 0) is 6.54 Å². The summed E-state index contributed by atoms with van der Waals surface area (Å²) in [6.45, 7) is 4.46. The van der Waals surface area contributed by atoms with Crippen molar-refractivity contribution in [3.8, 4) is 5.69 Å². The number of nitrogens with zero attached hydrogens (tertiary/aromatic N) is 2. The molecule has 116 valence electrons. The van der Waals surface area contributed by atoms with Crippen molar-refractivity contribution < 1.29 is 4.79 Å². The smallest absolute Gasteiger partial charge is 0.251 e. The fourth-order valence-electron chi connectivity index (χ4n) is 2.61. The number of carbonyl (C=O) groups is 1. The van der Waals surface area contributed by atoms with E-state index in [-0.39, 0.29) is 5.91 Å². The molecular formula is C19H19N3O. The van der Waals surface area contributed by atoms with Crippen molar-refractivity contribution in [2.75, 3.05) is 0 Å². The molecule has 4 heteroatoms. The summed E-state index contributed by atoms with van der Waals surface area (Å²) in [7, 11) is 0. The fourth-order valence-corrected chi connectivity index (χ4v) is 2.61. The Bertz CT molecular complexity index is 807. The highest BCUT2D eigenvalue weighted by Gasteiger charge is 2.14. The lowest BCUT2D eigenvalue weighted by molar-refractivity contribution is 0.0951. The first-order valence-corrected chi connectivity index (χ1v) is 7.60. The highest BCUT2D eigenvalue weighted by molar-refractivity contribution is 5.94. The quantitative estimate of drug-likeness (QED) is 0.803. The van der Waals surface area contributed by atoms with E-state index in [0.29, 0.717) is 12.1 Å². The normalized spacial score (nSPS) is 10.5. The van der Waals surface area contributed by atoms with Gasteiger partial charge in [0.15, 0.2) is 0 Å². The lowest BCUT2D eigenvalue weighted by atomic mass is 10.1. The van der Waals surface area contributed by atoms with Crippen LogP contribution in [0.15, 0.2) is 60.7 Å². The Kier molecular flexibility index (Phi) is 4.24. The third-order valence-electron chi connectivity index (χ3n) is 3.90. The summed E-state index contributed by atoms with van der Waals surface area (Å²) in [4.78, 5) is 12.2. The average molecular weight is 305 g/mol. The number of aryl methyl sites for hydroxylation is 1. The van der Waals surface area contributed by atoms with Gasteiger partial charge in [0.05, 0.1) is 11.4 Å². The molecule has 0 spiro atoms. The first-order valence-electron chi connectivity index (χ1n) is 7.60. The molecule has 1 amide bonds. The highest BCUT2D eigenvalue weighted by atomic mass is 16.1. The predicted octanol–water partition coefficient (Wildman–Crippen LogP) is 3.42. The predicted molar refractivity (Wildman–Crippen MR) is 90.7 cm³/mol. The first-order chi connectivity index (χ1) is 11.2. The Morgan fingerprint density at radius 3 is 2.26 bits per heavy atom. The molecule has 0 aliphatic heterocycles. The van der Waals surface area contributed by atoms with E-state index in [1.807, 2.05) is 79.2 Å². The third-order valence-corrected chi connectivity index (χ3v) is 3.90. The van der Waals surface area contributed by atoms with Crippen molar-refractivity contribution in [2.45, 2.75) is 20.4 Å². The van der Waals surface area contributed by atoms with Crippen LogP contribution in [0.5, 0.6) is 0 Å². The van der Waals surface area contributed by atoms with Crippen molar-refractivity contribution >= 4 is 5.91 Å². The maximum absolute atomic E-state index is 12.2. The lowest BCUT2D eigenvalue weighted by Gasteiger charge is -2.07. The van der Waals surface area contributed by atoms with Gasteiger partial charge in [-0.15, -0.1) is 0 Å². The third kappa shape index (κ3) is 3.16. The summed E-state index contributed by atoms with van der Waals surface area (Å²) in [6, 6.07) is 19.2. The Balaban J connectivity index is 1.79. The number of nitrogens with one attached hydrogen (secondary N) is 1. The molecule has 0 atom stereocenters. The lowest BCUT2D eigenvalue weighted by Crippen LogP contribution is -2.23. The monoisotopic (exact) mass is 305 g/mol. The first kappa shape index (κ1) is 15.0. The molecule has 3 aromatic rings. The van der Waals surface area contributed by atoms with Crippen molar-refractivity contribution in [1.29, 1.82) is 0 Å². The molecule has 0 aliphatic carbocycles. The molecule has 23 heavy (non-hydrogen) atoms. The summed E-state index contributed by atoms with van der Waals surface area (Å²) in [5, 5.41) is 7.57. The van der Waals surface area contributed by atoms with Crippen LogP contribution in [0.25, 0.3) is 5.69 Å². The summed E-state index contributed by atoms with van der Waals surface area (Å²) in [5.74, 6) is -0.0724. The second-order valence-electron chi connectivity index (χ2n) is 5.45. The van der Waals surface area contributed by atoms with Gasteiger partial charge in [-0.1, -0.05) is 36.4 Å². The summed E-state index contributed by atoms with van der Waals surface area (Å²) in [5.41, 5.74) is 4.71. The fraction of sp³-hybridized carbons (Fsp3) is 0.158. The second kappa shape index (κ2) is 6.48. The SMILES string of the molecule is Cc1nn(-c2ccccc2)c(C)c1CNC(=O)c1ccccc1. The maximum atomic E-state index is 12.2. The molecule has 0 radical (unpaired) electrons. The van der Waals surface area contributed by atoms with Gasteiger partial charge in [-0.3, -0.25) is 4.79 Å². The number of hydrogen-bond donors (Lipinski definition) is 1. The van der Waals surface area contributed by atoms with Crippen LogP contribution in [0.4, 0.5) is 0 Å². The van der Waals surface area contributed by atoms with Crippen LogP contribution in [-0.4, -0.2) is 15.7 Å². The standard InChI is InChI=1S/C19H19N3O/c1-14-18(13-20-19(23)16-9-5-3-6-10-16)15(2)22(21-14)17-11-7-4-8-12-17/h3-12H,13H2,1-2H3,(H,20,23). The molecule has 2 aromatic carbocycles. The van der Waals surface area contributed by atoms with Gasteiger partial charge < -0.3 is 5.32 Å². The number of amides is 1. The van der Waals surface area contributed by atoms with Crippen molar-refractivity contribution in [2.24, 2.45) is 0 Å². The molecule has 1 aromatic heterocycles. The van der Waals surface area contributed by atoms with Gasteiger partial charge >= 0.3 is 0 Å². The molecule has 3 rings (SSSR count). The zero-order valence-corrected chi connectivity index (χ0v) is 13.3. The summed E-state index contributed by atoms with van der Waals surface area (Å²) < 4.78 is 1.92. The minimum Gasteiger partial charge on any atom is -0.348 e. The Morgan fingerprint density at radius 1 is 1.00 bits per heavy atom. The second-order valence-corrected chi connectivity index (χ2v) is 5.45.